The monoisotopic (exact) mass is 128 g/mol. The van der Waals surface area contributed by atoms with E-state index in [0.717, 1.165) is 6.54 Å². The SMILES string of the molecule is N[C@H]1CNCC=C[C@@H]1O. The third kappa shape index (κ3) is 1.78. The van der Waals surface area contributed by atoms with Gasteiger partial charge in [-0.25, -0.2) is 0 Å². The Morgan fingerprint density at radius 1 is 1.67 bits per heavy atom. The topological polar surface area (TPSA) is 58.3 Å². The summed E-state index contributed by atoms with van der Waals surface area (Å²) in [5.41, 5.74) is 5.51. The fourth-order valence-corrected chi connectivity index (χ4v) is 0.804. The molecule has 3 heteroatoms. The minimum Gasteiger partial charge on any atom is -0.387 e. The summed E-state index contributed by atoms with van der Waals surface area (Å²) < 4.78 is 0. The zero-order chi connectivity index (χ0) is 6.69. The molecule has 0 saturated carbocycles. The molecule has 0 saturated heterocycles. The number of hydrogen-bond donors (Lipinski definition) is 3. The van der Waals surface area contributed by atoms with Gasteiger partial charge in [0.1, 0.15) is 0 Å². The summed E-state index contributed by atoms with van der Waals surface area (Å²) in [7, 11) is 0. The standard InChI is InChI=1S/C6H12N2O/c7-5-4-8-3-1-2-6(5)9/h1-2,5-6,8-9H,3-4,7H2/t5-,6-/m0/s1. The van der Waals surface area contributed by atoms with Gasteiger partial charge in [-0.15, -0.1) is 0 Å². The van der Waals surface area contributed by atoms with Gasteiger partial charge in [0.05, 0.1) is 6.10 Å². The van der Waals surface area contributed by atoms with Crippen LogP contribution < -0.4 is 11.1 Å². The summed E-state index contributed by atoms with van der Waals surface area (Å²) >= 11 is 0. The minimum atomic E-state index is -0.472. The molecule has 1 aliphatic heterocycles. The molecule has 4 N–H and O–H groups in total. The van der Waals surface area contributed by atoms with Crippen LogP contribution in [0.5, 0.6) is 0 Å². The maximum absolute atomic E-state index is 9.11. The van der Waals surface area contributed by atoms with Gasteiger partial charge >= 0.3 is 0 Å². The quantitative estimate of drug-likeness (QED) is 0.360. The molecule has 0 aromatic carbocycles. The lowest BCUT2D eigenvalue weighted by atomic mass is 10.2. The Bertz CT molecular complexity index is 114. The fourth-order valence-electron chi connectivity index (χ4n) is 0.804. The van der Waals surface area contributed by atoms with Crippen LogP contribution >= 0.6 is 0 Å². The first-order chi connectivity index (χ1) is 4.30. The van der Waals surface area contributed by atoms with Gasteiger partial charge < -0.3 is 16.2 Å². The van der Waals surface area contributed by atoms with E-state index in [4.69, 9.17) is 10.8 Å². The normalized spacial score (nSPS) is 36.2. The predicted octanol–water partition coefficient (Wildman–Crippen LogP) is -1.17. The molecule has 1 rings (SSSR count). The van der Waals surface area contributed by atoms with Crippen molar-refractivity contribution in [3.8, 4) is 0 Å². The van der Waals surface area contributed by atoms with Crippen LogP contribution in [0.2, 0.25) is 0 Å². The molecule has 3 nitrogen and oxygen atoms in total. The van der Waals surface area contributed by atoms with Crippen molar-refractivity contribution in [2.75, 3.05) is 13.1 Å². The highest BCUT2D eigenvalue weighted by Gasteiger charge is 2.11. The van der Waals surface area contributed by atoms with Crippen molar-refractivity contribution in [3.63, 3.8) is 0 Å². The number of nitrogens with two attached hydrogens (primary N) is 1. The van der Waals surface area contributed by atoms with Crippen molar-refractivity contribution in [3.05, 3.63) is 12.2 Å². The van der Waals surface area contributed by atoms with Crippen molar-refractivity contribution >= 4 is 0 Å². The van der Waals surface area contributed by atoms with Crippen LogP contribution in [0, 0.1) is 0 Å². The number of aliphatic hydroxyl groups excluding tert-OH is 1. The second-order valence-electron chi connectivity index (χ2n) is 2.24. The molecule has 0 aromatic heterocycles. The van der Waals surface area contributed by atoms with E-state index in [-0.39, 0.29) is 6.04 Å². The molecule has 2 atom stereocenters. The van der Waals surface area contributed by atoms with Crippen molar-refractivity contribution in [1.82, 2.24) is 5.32 Å². The van der Waals surface area contributed by atoms with Crippen molar-refractivity contribution in [2.24, 2.45) is 5.73 Å². The van der Waals surface area contributed by atoms with Crippen LogP contribution in [0.15, 0.2) is 12.2 Å². The molecule has 52 valence electrons. The van der Waals surface area contributed by atoms with Gasteiger partial charge in [-0.3, -0.25) is 0 Å². The molecule has 9 heavy (non-hydrogen) atoms. The third-order valence-corrected chi connectivity index (χ3v) is 1.41. The summed E-state index contributed by atoms with van der Waals surface area (Å²) in [5.74, 6) is 0. The Balaban J connectivity index is 2.46. The highest BCUT2D eigenvalue weighted by molar-refractivity contribution is 4.98. The van der Waals surface area contributed by atoms with Crippen LogP contribution in [-0.4, -0.2) is 30.3 Å². The third-order valence-electron chi connectivity index (χ3n) is 1.41. The van der Waals surface area contributed by atoms with Crippen LogP contribution in [0.25, 0.3) is 0 Å². The van der Waals surface area contributed by atoms with Crippen LogP contribution in [0.4, 0.5) is 0 Å². The average molecular weight is 128 g/mol. The lowest BCUT2D eigenvalue weighted by molar-refractivity contribution is 0.192. The van der Waals surface area contributed by atoms with Gasteiger partial charge in [0, 0.05) is 19.1 Å². The first kappa shape index (κ1) is 6.74. The van der Waals surface area contributed by atoms with Gasteiger partial charge in [-0.2, -0.15) is 0 Å². The Morgan fingerprint density at radius 3 is 3.22 bits per heavy atom. The first-order valence-electron chi connectivity index (χ1n) is 3.12. The second-order valence-corrected chi connectivity index (χ2v) is 2.24. The minimum absolute atomic E-state index is 0.149. The molecule has 0 amide bonds. The van der Waals surface area contributed by atoms with Gasteiger partial charge in [-0.05, 0) is 0 Å². The van der Waals surface area contributed by atoms with Gasteiger partial charge in [0.15, 0.2) is 0 Å². The van der Waals surface area contributed by atoms with Crippen LogP contribution in [-0.2, 0) is 0 Å². The Morgan fingerprint density at radius 2 is 2.44 bits per heavy atom. The van der Waals surface area contributed by atoms with Gasteiger partial charge in [0.2, 0.25) is 0 Å². The molecular formula is C6H12N2O. The molecule has 1 heterocycles. The largest absolute Gasteiger partial charge is 0.387 e. The Kier molecular flexibility index (Phi) is 2.22. The lowest BCUT2D eigenvalue weighted by Gasteiger charge is -2.11. The summed E-state index contributed by atoms with van der Waals surface area (Å²) in [6, 6.07) is -0.149. The van der Waals surface area contributed by atoms with E-state index in [9.17, 15) is 0 Å². The maximum Gasteiger partial charge on any atom is 0.0884 e. The van der Waals surface area contributed by atoms with Crippen LogP contribution in [0.3, 0.4) is 0 Å². The van der Waals surface area contributed by atoms with Gasteiger partial charge in [-0.1, -0.05) is 12.2 Å². The Labute approximate surface area is 54.6 Å². The van der Waals surface area contributed by atoms with E-state index in [1.54, 1.807) is 6.08 Å². The van der Waals surface area contributed by atoms with Crippen molar-refractivity contribution < 1.29 is 5.11 Å². The molecule has 0 spiro atoms. The molecule has 0 unspecified atom stereocenters. The van der Waals surface area contributed by atoms with E-state index in [0.29, 0.717) is 6.54 Å². The second kappa shape index (κ2) is 2.96. The number of hydrogen-bond acceptors (Lipinski definition) is 3. The van der Waals surface area contributed by atoms with E-state index in [1.807, 2.05) is 6.08 Å². The lowest BCUT2D eigenvalue weighted by Crippen LogP contribution is -2.40. The molecule has 0 bridgehead atoms. The maximum atomic E-state index is 9.11. The predicted molar refractivity (Wildman–Crippen MR) is 36.0 cm³/mol. The number of nitrogens with one attached hydrogen (secondary N) is 1. The van der Waals surface area contributed by atoms with Gasteiger partial charge in [0.25, 0.3) is 0 Å². The molecular weight excluding hydrogens is 116 g/mol. The average Bonchev–Trinajstić information content (AvgIpc) is 1.99. The summed E-state index contributed by atoms with van der Waals surface area (Å²) in [5, 5.41) is 12.2. The molecule has 0 aromatic rings. The van der Waals surface area contributed by atoms with Crippen LogP contribution in [0.1, 0.15) is 0 Å². The van der Waals surface area contributed by atoms with E-state index >= 15 is 0 Å². The Hall–Kier alpha value is -0.380. The summed E-state index contributed by atoms with van der Waals surface area (Å²) in [6.45, 7) is 1.50. The van der Waals surface area contributed by atoms with Crippen molar-refractivity contribution in [1.29, 1.82) is 0 Å². The highest BCUT2D eigenvalue weighted by Crippen LogP contribution is 1.94. The zero-order valence-electron chi connectivity index (χ0n) is 5.25. The van der Waals surface area contributed by atoms with E-state index in [1.165, 1.54) is 0 Å². The number of aliphatic hydroxyl groups is 1. The zero-order valence-corrected chi connectivity index (χ0v) is 5.25. The highest BCUT2D eigenvalue weighted by atomic mass is 16.3. The van der Waals surface area contributed by atoms with E-state index in [2.05, 4.69) is 5.32 Å². The smallest absolute Gasteiger partial charge is 0.0884 e. The van der Waals surface area contributed by atoms with Crippen molar-refractivity contribution in [2.45, 2.75) is 12.1 Å². The molecule has 0 aliphatic carbocycles. The molecule has 1 aliphatic rings. The molecule has 0 fully saturated rings. The summed E-state index contributed by atoms with van der Waals surface area (Å²) in [4.78, 5) is 0. The first-order valence-corrected chi connectivity index (χ1v) is 3.12. The summed E-state index contributed by atoms with van der Waals surface area (Å²) in [6.07, 6.45) is 3.14. The number of rotatable bonds is 0. The fraction of sp³-hybridized carbons (Fsp3) is 0.667. The molecule has 0 radical (unpaired) electrons. The van der Waals surface area contributed by atoms with E-state index < -0.39 is 6.10 Å².